The van der Waals surface area contributed by atoms with E-state index in [2.05, 4.69) is 10.7 Å². The van der Waals surface area contributed by atoms with E-state index in [9.17, 15) is 14.4 Å². The second-order valence-corrected chi connectivity index (χ2v) is 16.8. The number of hydrazine groups is 1. The first-order chi connectivity index (χ1) is 12.9. The van der Waals surface area contributed by atoms with E-state index >= 15 is 0 Å². The molecule has 0 saturated carbocycles. The molecule has 1 unspecified atom stereocenters. The Hall–Kier alpha value is -0.810. The van der Waals surface area contributed by atoms with Gasteiger partial charge in [-0.05, 0) is 20.8 Å². The molecule has 2 heterocycles. The van der Waals surface area contributed by atoms with Crippen molar-refractivity contribution in [3.05, 3.63) is 0 Å². The fourth-order valence-electron chi connectivity index (χ4n) is 2.70. The van der Waals surface area contributed by atoms with Crippen LogP contribution in [0.5, 0.6) is 0 Å². The number of alkyl halides is 4. The van der Waals surface area contributed by atoms with Crippen LogP contribution in [0, 0.1) is 0 Å². The van der Waals surface area contributed by atoms with Gasteiger partial charge in [0.1, 0.15) is 5.60 Å². The molecule has 2 aliphatic heterocycles. The zero-order valence-corrected chi connectivity index (χ0v) is 20.1. The number of halogens is 2. The summed E-state index contributed by atoms with van der Waals surface area (Å²) in [6, 6.07) is -1.38. The Kier molecular flexibility index (Phi) is 7.83. The minimum atomic E-state index is -1.12. The van der Waals surface area contributed by atoms with Crippen LogP contribution in [-0.2, 0) is 19.1 Å². The average molecular weight is 532 g/mol. The zero-order chi connectivity index (χ0) is 21.1. The van der Waals surface area contributed by atoms with Crippen molar-refractivity contribution in [2.75, 3.05) is 22.0 Å². The quantitative estimate of drug-likeness (QED) is 0.310. The number of nitrogens with one attached hydrogen (secondary N) is 2. The fraction of sp³-hybridized carbons (Fsp3) is 0.833. The molecule has 0 bridgehead atoms. The maximum atomic E-state index is 12.6. The van der Waals surface area contributed by atoms with Crippen LogP contribution in [0.2, 0.25) is 0 Å². The van der Waals surface area contributed by atoms with E-state index in [0.717, 1.165) is 0 Å². The standard InChI is InChI=1S/C18H31ClIN3O5/c1-12(21-16(26)28-17(2,3)4)14(24)23-10-6-7-13(22-23)15(25)27-11-18(5,19)20-8-9-20/h12-13,22H,6-11H2,1-5H3,(H,21,26)/t12-,13-,18?/m0/s1. The monoisotopic (exact) mass is 531 g/mol. The van der Waals surface area contributed by atoms with Gasteiger partial charge >= 0.3 is 153 Å². The molecule has 0 aromatic carbocycles. The normalized spacial score (nSPS) is 24.0. The summed E-state index contributed by atoms with van der Waals surface area (Å²) in [5.41, 5.74) is 2.28. The van der Waals surface area contributed by atoms with E-state index in [0.29, 0.717) is 19.4 Å². The van der Waals surface area contributed by atoms with Crippen LogP contribution < -0.4 is 10.7 Å². The molecule has 2 N–H and O–H groups in total. The number of esters is 1. The van der Waals surface area contributed by atoms with Gasteiger partial charge in [0, 0.05) is 0 Å². The molecule has 0 spiro atoms. The van der Waals surface area contributed by atoms with Gasteiger partial charge in [-0.3, -0.25) is 0 Å². The molecule has 2 fully saturated rings. The number of ether oxygens (including phenoxy) is 2. The van der Waals surface area contributed by atoms with Gasteiger partial charge in [-0.25, -0.2) is 0 Å². The third kappa shape index (κ3) is 7.22. The summed E-state index contributed by atoms with van der Waals surface area (Å²) in [6.07, 6.45) is 0.582. The van der Waals surface area contributed by atoms with Crippen molar-refractivity contribution in [3.8, 4) is 0 Å². The third-order valence-corrected chi connectivity index (χ3v) is 11.4. The SMILES string of the molecule is C[C@H](NC(=O)OC(C)(C)C)C(=O)N1CCC[C@@H](C(=O)OCC(C)(Cl)I2CC2)N1. The second kappa shape index (κ2) is 9.34. The molecule has 3 atom stereocenters. The van der Waals surface area contributed by atoms with Crippen molar-refractivity contribution in [2.24, 2.45) is 0 Å². The molecule has 0 radical (unpaired) electrons. The molecule has 162 valence electrons. The fourth-order valence-corrected chi connectivity index (χ4v) is 8.13. The number of amides is 2. The van der Waals surface area contributed by atoms with Crippen molar-refractivity contribution in [1.82, 2.24) is 15.8 Å². The summed E-state index contributed by atoms with van der Waals surface area (Å²) < 4.78 is 12.7. The number of carbonyl (C=O) groups is 3. The molecule has 2 amide bonds. The molecule has 2 rings (SSSR count). The predicted octanol–water partition coefficient (Wildman–Crippen LogP) is 2.41. The average Bonchev–Trinajstić information content (AvgIpc) is 3.43. The van der Waals surface area contributed by atoms with Crippen LogP contribution in [0.1, 0.15) is 47.5 Å². The molecule has 10 heteroatoms. The van der Waals surface area contributed by atoms with Crippen molar-refractivity contribution in [2.45, 2.75) is 68.0 Å². The number of alkyl carbamates (subject to hydrolysis) is 1. The Balaban J connectivity index is 1.83. The zero-order valence-electron chi connectivity index (χ0n) is 17.1. The molecule has 2 aliphatic rings. The molecule has 2 saturated heterocycles. The van der Waals surface area contributed by atoms with Gasteiger partial charge in [0.15, 0.2) is 0 Å². The predicted molar refractivity (Wildman–Crippen MR) is 116 cm³/mol. The first kappa shape index (κ1) is 23.5. The van der Waals surface area contributed by atoms with E-state index in [1.54, 1.807) is 27.7 Å². The van der Waals surface area contributed by atoms with E-state index in [1.807, 2.05) is 6.92 Å². The maximum absolute atomic E-state index is 12.6. The Morgan fingerprint density at radius 1 is 1.29 bits per heavy atom. The van der Waals surface area contributed by atoms with E-state index in [1.165, 1.54) is 13.9 Å². The second-order valence-electron chi connectivity index (χ2n) is 8.19. The van der Waals surface area contributed by atoms with Gasteiger partial charge in [0.05, 0.1) is 0 Å². The number of nitrogens with zero attached hydrogens (tertiary/aromatic N) is 1. The number of rotatable bonds is 6. The van der Waals surface area contributed by atoms with Crippen molar-refractivity contribution in [1.29, 1.82) is 0 Å². The molecular weight excluding hydrogens is 501 g/mol. The summed E-state index contributed by atoms with van der Waals surface area (Å²) in [5.74, 6) is -0.730. The molecular formula is C18H31ClIN3O5. The van der Waals surface area contributed by atoms with Gasteiger partial charge in [-0.1, -0.05) is 0 Å². The van der Waals surface area contributed by atoms with Crippen LogP contribution >= 0.6 is 31.4 Å². The van der Waals surface area contributed by atoms with Crippen molar-refractivity contribution in [3.63, 3.8) is 0 Å². The summed E-state index contributed by atoms with van der Waals surface area (Å²) >= 11 is 5.36. The summed E-state index contributed by atoms with van der Waals surface area (Å²) in [5, 5.41) is 3.89. The van der Waals surface area contributed by atoms with Crippen LogP contribution in [0.15, 0.2) is 0 Å². The summed E-state index contributed by atoms with van der Waals surface area (Å²) in [7, 11) is 0. The van der Waals surface area contributed by atoms with Gasteiger partial charge in [0.25, 0.3) is 0 Å². The van der Waals surface area contributed by atoms with Crippen LogP contribution in [0.4, 0.5) is 4.79 Å². The van der Waals surface area contributed by atoms with E-state index < -0.39 is 49.6 Å². The van der Waals surface area contributed by atoms with E-state index in [-0.39, 0.29) is 15.4 Å². The number of carbonyl (C=O) groups excluding carboxylic acids is 3. The summed E-state index contributed by atoms with van der Waals surface area (Å²) in [4.78, 5) is 36.9. The molecule has 0 aliphatic carbocycles. The van der Waals surface area contributed by atoms with Crippen LogP contribution in [0.3, 0.4) is 0 Å². The molecule has 28 heavy (non-hydrogen) atoms. The van der Waals surface area contributed by atoms with Gasteiger partial charge in [0.2, 0.25) is 0 Å². The summed E-state index contributed by atoms with van der Waals surface area (Å²) in [6.45, 7) is 9.45. The first-order valence-electron chi connectivity index (χ1n) is 9.43. The van der Waals surface area contributed by atoms with Gasteiger partial charge < -0.3 is 0 Å². The topological polar surface area (TPSA) is 97.0 Å². The molecule has 0 aromatic heterocycles. The molecule has 0 aromatic rings. The number of hydrogen-bond acceptors (Lipinski definition) is 6. The Morgan fingerprint density at radius 2 is 1.93 bits per heavy atom. The third-order valence-electron chi connectivity index (χ3n) is 4.24. The van der Waals surface area contributed by atoms with Crippen molar-refractivity contribution < 1.29 is 23.9 Å². The van der Waals surface area contributed by atoms with Crippen molar-refractivity contribution >= 4 is 49.4 Å². The first-order valence-corrected chi connectivity index (χ1v) is 13.9. The minimum absolute atomic E-state index is 0.223. The van der Waals surface area contributed by atoms with Gasteiger partial charge in [-0.2, -0.15) is 0 Å². The Labute approximate surface area is 178 Å². The number of hydrogen-bond donors (Lipinski definition) is 2. The van der Waals surface area contributed by atoms with Crippen LogP contribution in [0.25, 0.3) is 0 Å². The Bertz CT molecular complexity index is 607. The molecule has 8 nitrogen and oxygen atoms in total. The van der Waals surface area contributed by atoms with Crippen LogP contribution in [-0.4, -0.2) is 65.6 Å². The Morgan fingerprint density at radius 3 is 2.50 bits per heavy atom. The van der Waals surface area contributed by atoms with E-state index in [4.69, 9.17) is 21.1 Å². The van der Waals surface area contributed by atoms with Gasteiger partial charge in [-0.15, -0.1) is 0 Å².